The molecule has 0 aromatic carbocycles. The van der Waals surface area contributed by atoms with E-state index in [0.717, 1.165) is 19.3 Å². The molecule has 0 heterocycles. The van der Waals surface area contributed by atoms with Crippen LogP contribution in [0.1, 0.15) is 40.0 Å². The molecule has 1 N–H and O–H groups in total. The molecule has 0 bridgehead atoms. The lowest BCUT2D eigenvalue weighted by Crippen LogP contribution is -2.21. The molecular weight excluding hydrogens is 100 g/mol. The Balaban J connectivity index is 3.37. The normalized spacial score (nSPS) is 18.0. The highest BCUT2D eigenvalue weighted by molar-refractivity contribution is 4.67. The van der Waals surface area contributed by atoms with Crippen molar-refractivity contribution in [2.24, 2.45) is 0 Å². The van der Waals surface area contributed by atoms with Gasteiger partial charge in [0, 0.05) is 0 Å². The molecule has 0 amide bonds. The summed E-state index contributed by atoms with van der Waals surface area (Å²) in [4.78, 5) is 0. The average Bonchev–Trinajstić information content (AvgIpc) is 1.67. The SMILES string of the molecule is CCC[C@](C)(O)CC. The molecule has 0 fully saturated rings. The second kappa shape index (κ2) is 3.08. The van der Waals surface area contributed by atoms with Crippen LogP contribution in [0, 0.1) is 0 Å². The largest absolute Gasteiger partial charge is 0.390 e. The number of aliphatic hydroxyl groups is 1. The molecule has 50 valence electrons. The van der Waals surface area contributed by atoms with Gasteiger partial charge in [-0.25, -0.2) is 0 Å². The summed E-state index contributed by atoms with van der Waals surface area (Å²) in [6, 6.07) is 0. The van der Waals surface area contributed by atoms with Crippen LogP contribution in [0.3, 0.4) is 0 Å². The van der Waals surface area contributed by atoms with E-state index in [4.69, 9.17) is 0 Å². The second-order valence-electron chi connectivity index (χ2n) is 2.60. The van der Waals surface area contributed by atoms with Crippen molar-refractivity contribution in [3.63, 3.8) is 0 Å². The smallest absolute Gasteiger partial charge is 0.0617 e. The van der Waals surface area contributed by atoms with Crippen LogP contribution in [-0.2, 0) is 0 Å². The Morgan fingerprint density at radius 1 is 1.38 bits per heavy atom. The summed E-state index contributed by atoms with van der Waals surface area (Å²) in [5, 5.41) is 9.32. The minimum absolute atomic E-state index is 0.408. The van der Waals surface area contributed by atoms with Gasteiger partial charge >= 0.3 is 0 Å². The van der Waals surface area contributed by atoms with E-state index < -0.39 is 5.60 Å². The monoisotopic (exact) mass is 116 g/mol. The van der Waals surface area contributed by atoms with Crippen LogP contribution in [0.25, 0.3) is 0 Å². The first-order valence-corrected chi connectivity index (χ1v) is 3.34. The minimum Gasteiger partial charge on any atom is -0.390 e. The van der Waals surface area contributed by atoms with E-state index in [-0.39, 0.29) is 0 Å². The van der Waals surface area contributed by atoms with E-state index in [9.17, 15) is 5.11 Å². The highest BCUT2D eigenvalue weighted by Crippen LogP contribution is 2.14. The van der Waals surface area contributed by atoms with E-state index in [1.165, 1.54) is 0 Å². The Morgan fingerprint density at radius 2 is 1.88 bits per heavy atom. The predicted molar refractivity (Wildman–Crippen MR) is 35.8 cm³/mol. The van der Waals surface area contributed by atoms with Gasteiger partial charge in [0.15, 0.2) is 0 Å². The molecular formula is C7H16O. The van der Waals surface area contributed by atoms with Crippen LogP contribution in [0.2, 0.25) is 0 Å². The van der Waals surface area contributed by atoms with E-state index in [1.54, 1.807) is 0 Å². The third kappa shape index (κ3) is 3.03. The maximum atomic E-state index is 9.32. The third-order valence-electron chi connectivity index (χ3n) is 1.55. The van der Waals surface area contributed by atoms with Crippen LogP contribution >= 0.6 is 0 Å². The first-order valence-electron chi connectivity index (χ1n) is 3.34. The maximum Gasteiger partial charge on any atom is 0.0617 e. The Hall–Kier alpha value is -0.0400. The van der Waals surface area contributed by atoms with E-state index in [1.807, 2.05) is 13.8 Å². The van der Waals surface area contributed by atoms with Crippen LogP contribution in [0.15, 0.2) is 0 Å². The summed E-state index contributed by atoms with van der Waals surface area (Å²) >= 11 is 0. The van der Waals surface area contributed by atoms with E-state index in [2.05, 4.69) is 6.92 Å². The zero-order valence-electron chi connectivity index (χ0n) is 6.07. The van der Waals surface area contributed by atoms with Crippen molar-refractivity contribution in [3.8, 4) is 0 Å². The van der Waals surface area contributed by atoms with Gasteiger partial charge in [-0.3, -0.25) is 0 Å². The molecule has 1 nitrogen and oxygen atoms in total. The lowest BCUT2D eigenvalue weighted by atomic mass is 9.98. The van der Waals surface area contributed by atoms with Crippen molar-refractivity contribution in [2.45, 2.75) is 45.6 Å². The Bertz CT molecular complexity index is 57.4. The predicted octanol–water partition coefficient (Wildman–Crippen LogP) is 1.95. The molecule has 0 aliphatic rings. The van der Waals surface area contributed by atoms with Crippen LogP contribution in [0.5, 0.6) is 0 Å². The zero-order chi connectivity index (χ0) is 6.62. The summed E-state index contributed by atoms with van der Waals surface area (Å²) in [5.74, 6) is 0. The number of hydrogen-bond donors (Lipinski definition) is 1. The first-order chi connectivity index (χ1) is 3.62. The van der Waals surface area contributed by atoms with Crippen molar-refractivity contribution in [1.82, 2.24) is 0 Å². The fourth-order valence-electron chi connectivity index (χ4n) is 0.715. The Labute approximate surface area is 51.7 Å². The summed E-state index contributed by atoms with van der Waals surface area (Å²) in [7, 11) is 0. The summed E-state index contributed by atoms with van der Waals surface area (Å²) < 4.78 is 0. The van der Waals surface area contributed by atoms with Gasteiger partial charge < -0.3 is 5.11 Å². The lowest BCUT2D eigenvalue weighted by Gasteiger charge is -2.19. The Kier molecular flexibility index (Phi) is 3.06. The number of hydrogen-bond acceptors (Lipinski definition) is 1. The van der Waals surface area contributed by atoms with Crippen LogP contribution < -0.4 is 0 Å². The summed E-state index contributed by atoms with van der Waals surface area (Å²) in [6.07, 6.45) is 2.85. The van der Waals surface area contributed by atoms with Crippen molar-refractivity contribution < 1.29 is 5.11 Å². The summed E-state index contributed by atoms with van der Waals surface area (Å²) in [5.41, 5.74) is -0.408. The lowest BCUT2D eigenvalue weighted by molar-refractivity contribution is 0.0463. The molecule has 0 spiro atoms. The first kappa shape index (κ1) is 7.96. The molecule has 1 atom stereocenters. The van der Waals surface area contributed by atoms with Gasteiger partial charge in [-0.2, -0.15) is 0 Å². The standard InChI is InChI=1S/C7H16O/c1-4-6-7(3,8)5-2/h8H,4-6H2,1-3H3/t7-/m1/s1. The molecule has 1 heteroatoms. The van der Waals surface area contributed by atoms with E-state index in [0.29, 0.717) is 0 Å². The molecule has 0 aliphatic carbocycles. The molecule has 0 aromatic rings. The van der Waals surface area contributed by atoms with Gasteiger partial charge in [0.1, 0.15) is 0 Å². The zero-order valence-corrected chi connectivity index (χ0v) is 6.07. The molecule has 0 saturated carbocycles. The number of rotatable bonds is 3. The topological polar surface area (TPSA) is 20.2 Å². The van der Waals surface area contributed by atoms with E-state index >= 15 is 0 Å². The maximum absolute atomic E-state index is 9.32. The molecule has 0 aromatic heterocycles. The van der Waals surface area contributed by atoms with Gasteiger partial charge in [0.25, 0.3) is 0 Å². The van der Waals surface area contributed by atoms with Gasteiger partial charge in [-0.15, -0.1) is 0 Å². The van der Waals surface area contributed by atoms with Crippen molar-refractivity contribution >= 4 is 0 Å². The molecule has 8 heavy (non-hydrogen) atoms. The highest BCUT2D eigenvalue weighted by Gasteiger charge is 2.14. The van der Waals surface area contributed by atoms with Crippen LogP contribution in [-0.4, -0.2) is 10.7 Å². The fourth-order valence-corrected chi connectivity index (χ4v) is 0.715. The van der Waals surface area contributed by atoms with Gasteiger partial charge in [-0.1, -0.05) is 20.3 Å². The van der Waals surface area contributed by atoms with Crippen molar-refractivity contribution in [1.29, 1.82) is 0 Å². The molecule has 0 aliphatic heterocycles. The van der Waals surface area contributed by atoms with Crippen molar-refractivity contribution in [3.05, 3.63) is 0 Å². The Morgan fingerprint density at radius 3 is 2.00 bits per heavy atom. The highest BCUT2D eigenvalue weighted by atomic mass is 16.3. The van der Waals surface area contributed by atoms with Crippen LogP contribution in [0.4, 0.5) is 0 Å². The average molecular weight is 116 g/mol. The quantitative estimate of drug-likeness (QED) is 0.597. The fraction of sp³-hybridized carbons (Fsp3) is 1.00. The van der Waals surface area contributed by atoms with Gasteiger partial charge in [-0.05, 0) is 19.8 Å². The minimum atomic E-state index is -0.408. The van der Waals surface area contributed by atoms with Gasteiger partial charge in [0.2, 0.25) is 0 Å². The molecule has 0 saturated heterocycles. The molecule has 0 rings (SSSR count). The van der Waals surface area contributed by atoms with Gasteiger partial charge in [0.05, 0.1) is 5.60 Å². The third-order valence-corrected chi connectivity index (χ3v) is 1.55. The molecule has 0 unspecified atom stereocenters. The second-order valence-corrected chi connectivity index (χ2v) is 2.60. The van der Waals surface area contributed by atoms with Crippen molar-refractivity contribution in [2.75, 3.05) is 0 Å². The molecule has 0 radical (unpaired) electrons. The summed E-state index contributed by atoms with van der Waals surface area (Å²) in [6.45, 7) is 5.98.